The fourth-order valence-electron chi connectivity index (χ4n) is 1.74. The van der Waals surface area contributed by atoms with Crippen LogP contribution in [0.1, 0.15) is 10.4 Å². The highest BCUT2D eigenvalue weighted by molar-refractivity contribution is 9.10. The number of anilines is 1. The predicted octanol–water partition coefficient (Wildman–Crippen LogP) is 3.48. The van der Waals surface area contributed by atoms with Crippen LogP contribution in [-0.2, 0) is 0 Å². The number of benzene rings is 1. The maximum atomic E-state index is 12.2. The van der Waals surface area contributed by atoms with E-state index in [1.54, 1.807) is 30.5 Å². The van der Waals surface area contributed by atoms with Gasteiger partial charge in [0.25, 0.3) is 5.91 Å². The first-order valence-corrected chi connectivity index (χ1v) is 6.82. The van der Waals surface area contributed by atoms with E-state index in [0.717, 1.165) is 4.47 Å². The fraction of sp³-hybridized carbons (Fsp3) is 0.0769. The van der Waals surface area contributed by atoms with Gasteiger partial charge in [-0.25, -0.2) is 4.98 Å². The van der Waals surface area contributed by atoms with Gasteiger partial charge in [-0.1, -0.05) is 11.6 Å². The molecule has 1 aliphatic rings. The molecular weight excluding hydrogens is 348 g/mol. The van der Waals surface area contributed by atoms with Gasteiger partial charge in [0, 0.05) is 16.2 Å². The van der Waals surface area contributed by atoms with Crippen LogP contribution in [0.3, 0.4) is 0 Å². The first-order valence-electron chi connectivity index (χ1n) is 5.65. The van der Waals surface area contributed by atoms with E-state index in [9.17, 15) is 4.79 Å². The highest BCUT2D eigenvalue weighted by Crippen LogP contribution is 2.33. The molecule has 3 rings (SSSR count). The number of hydrogen-bond acceptors (Lipinski definition) is 4. The van der Waals surface area contributed by atoms with Gasteiger partial charge in [-0.05, 0) is 40.2 Å². The van der Waals surface area contributed by atoms with Crippen molar-refractivity contribution in [3.8, 4) is 11.5 Å². The molecule has 5 nitrogen and oxygen atoms in total. The summed E-state index contributed by atoms with van der Waals surface area (Å²) in [5.41, 5.74) is 0.883. The number of nitrogens with one attached hydrogen (secondary N) is 1. The SMILES string of the molecule is O=C(Nc1cc(Br)cnc1Cl)c1ccc2c(c1)OCO2. The van der Waals surface area contributed by atoms with Gasteiger partial charge in [0.15, 0.2) is 16.7 Å². The van der Waals surface area contributed by atoms with Gasteiger partial charge >= 0.3 is 0 Å². The minimum Gasteiger partial charge on any atom is -0.454 e. The zero-order valence-electron chi connectivity index (χ0n) is 10.0. The Hall–Kier alpha value is -1.79. The summed E-state index contributed by atoms with van der Waals surface area (Å²) in [7, 11) is 0. The third kappa shape index (κ3) is 2.57. The van der Waals surface area contributed by atoms with Crippen molar-refractivity contribution in [2.24, 2.45) is 0 Å². The number of rotatable bonds is 2. The Morgan fingerprint density at radius 2 is 2.10 bits per heavy atom. The second-order valence-corrected chi connectivity index (χ2v) is 5.29. The number of carbonyl (C=O) groups is 1. The Balaban J connectivity index is 1.84. The summed E-state index contributed by atoms with van der Waals surface area (Å²) in [6, 6.07) is 6.65. The maximum absolute atomic E-state index is 12.2. The monoisotopic (exact) mass is 354 g/mol. The van der Waals surface area contributed by atoms with Gasteiger partial charge in [-0.15, -0.1) is 0 Å². The molecule has 1 N–H and O–H groups in total. The zero-order valence-corrected chi connectivity index (χ0v) is 12.4. The lowest BCUT2D eigenvalue weighted by Gasteiger charge is -2.07. The van der Waals surface area contributed by atoms with Gasteiger partial charge in [0.05, 0.1) is 5.69 Å². The highest BCUT2D eigenvalue weighted by atomic mass is 79.9. The lowest BCUT2D eigenvalue weighted by Crippen LogP contribution is -2.12. The smallest absolute Gasteiger partial charge is 0.255 e. The lowest BCUT2D eigenvalue weighted by molar-refractivity contribution is 0.102. The maximum Gasteiger partial charge on any atom is 0.255 e. The van der Waals surface area contributed by atoms with Crippen LogP contribution in [0.5, 0.6) is 11.5 Å². The van der Waals surface area contributed by atoms with Crippen LogP contribution in [0, 0.1) is 0 Å². The van der Waals surface area contributed by atoms with E-state index in [2.05, 4.69) is 26.2 Å². The van der Waals surface area contributed by atoms with Gasteiger partial charge < -0.3 is 14.8 Å². The third-order valence-electron chi connectivity index (χ3n) is 2.69. The highest BCUT2D eigenvalue weighted by Gasteiger charge is 2.17. The first kappa shape index (κ1) is 13.2. The number of fused-ring (bicyclic) bond motifs is 1. The van der Waals surface area contributed by atoms with Crippen molar-refractivity contribution in [3.63, 3.8) is 0 Å². The van der Waals surface area contributed by atoms with E-state index in [1.807, 2.05) is 0 Å². The van der Waals surface area contributed by atoms with Crippen LogP contribution in [0.25, 0.3) is 0 Å². The van der Waals surface area contributed by atoms with Crippen molar-refractivity contribution < 1.29 is 14.3 Å². The summed E-state index contributed by atoms with van der Waals surface area (Å²) in [5, 5.41) is 2.92. The summed E-state index contributed by atoms with van der Waals surface area (Å²) in [4.78, 5) is 16.1. The Kier molecular flexibility index (Phi) is 3.50. The summed E-state index contributed by atoms with van der Waals surface area (Å²) in [5.74, 6) is 0.880. The molecule has 0 radical (unpaired) electrons. The van der Waals surface area contributed by atoms with Gasteiger partial charge in [0.1, 0.15) is 0 Å². The molecule has 2 heterocycles. The van der Waals surface area contributed by atoms with Crippen LogP contribution in [0.2, 0.25) is 5.15 Å². The molecule has 102 valence electrons. The van der Waals surface area contributed by atoms with Crippen LogP contribution < -0.4 is 14.8 Å². The van der Waals surface area contributed by atoms with Gasteiger partial charge in [-0.3, -0.25) is 4.79 Å². The third-order valence-corrected chi connectivity index (χ3v) is 3.42. The minimum absolute atomic E-state index is 0.168. The molecule has 1 aliphatic heterocycles. The number of amides is 1. The molecule has 0 fully saturated rings. The van der Waals surface area contributed by atoms with E-state index >= 15 is 0 Å². The summed E-state index contributed by atoms with van der Waals surface area (Å²) >= 11 is 9.20. The van der Waals surface area contributed by atoms with Crippen molar-refractivity contribution in [2.75, 3.05) is 12.1 Å². The topological polar surface area (TPSA) is 60.5 Å². The predicted molar refractivity (Wildman–Crippen MR) is 77.5 cm³/mol. The molecule has 2 aromatic rings. The molecule has 1 aromatic heterocycles. The van der Waals surface area contributed by atoms with Crippen LogP contribution in [0.4, 0.5) is 5.69 Å². The summed E-state index contributed by atoms with van der Waals surface area (Å²) < 4.78 is 11.2. The van der Waals surface area contributed by atoms with E-state index < -0.39 is 0 Å². The molecule has 1 amide bonds. The number of halogens is 2. The van der Waals surface area contributed by atoms with E-state index in [4.69, 9.17) is 21.1 Å². The minimum atomic E-state index is -0.301. The average molecular weight is 356 g/mol. The average Bonchev–Trinajstić information content (AvgIpc) is 2.90. The number of pyridine rings is 1. The fourth-order valence-corrected chi connectivity index (χ4v) is 2.22. The molecule has 0 saturated heterocycles. The molecule has 0 bridgehead atoms. The van der Waals surface area contributed by atoms with Crippen LogP contribution in [0.15, 0.2) is 34.9 Å². The number of ether oxygens (including phenoxy) is 2. The standard InChI is InChI=1S/C13H8BrClN2O3/c14-8-4-9(12(15)16-5-8)17-13(18)7-1-2-10-11(3-7)20-6-19-10/h1-5H,6H2,(H,17,18). The quantitative estimate of drug-likeness (QED) is 0.838. The summed E-state index contributed by atoms with van der Waals surface area (Å²) in [6.07, 6.45) is 1.55. The van der Waals surface area contributed by atoms with Crippen LogP contribution >= 0.6 is 27.5 Å². The normalized spacial score (nSPS) is 12.3. The first-order chi connectivity index (χ1) is 9.63. The molecule has 0 saturated carbocycles. The van der Waals surface area contributed by atoms with Gasteiger partial charge in [-0.2, -0.15) is 0 Å². The van der Waals surface area contributed by atoms with Crippen molar-refractivity contribution >= 4 is 39.1 Å². The van der Waals surface area contributed by atoms with Crippen molar-refractivity contribution in [1.29, 1.82) is 0 Å². The number of carbonyl (C=O) groups excluding carboxylic acids is 1. The molecular formula is C13H8BrClN2O3. The Labute approximate surface area is 128 Å². The Morgan fingerprint density at radius 3 is 2.95 bits per heavy atom. The van der Waals surface area contributed by atoms with E-state index in [1.165, 1.54) is 0 Å². The van der Waals surface area contributed by atoms with Crippen molar-refractivity contribution in [2.45, 2.75) is 0 Å². The summed E-state index contributed by atoms with van der Waals surface area (Å²) in [6.45, 7) is 0.168. The molecule has 0 aliphatic carbocycles. The van der Waals surface area contributed by atoms with Crippen LogP contribution in [-0.4, -0.2) is 17.7 Å². The molecule has 20 heavy (non-hydrogen) atoms. The second-order valence-electron chi connectivity index (χ2n) is 4.01. The number of aromatic nitrogens is 1. The molecule has 0 spiro atoms. The zero-order chi connectivity index (χ0) is 14.1. The molecule has 0 atom stereocenters. The van der Waals surface area contributed by atoms with E-state index in [0.29, 0.717) is 22.7 Å². The Morgan fingerprint density at radius 1 is 1.30 bits per heavy atom. The number of hydrogen-bond donors (Lipinski definition) is 1. The largest absolute Gasteiger partial charge is 0.454 e. The molecule has 7 heteroatoms. The lowest BCUT2D eigenvalue weighted by atomic mass is 10.2. The second kappa shape index (κ2) is 5.30. The van der Waals surface area contributed by atoms with Crippen molar-refractivity contribution in [3.05, 3.63) is 45.7 Å². The molecule has 1 aromatic carbocycles. The number of nitrogens with zero attached hydrogens (tertiary/aromatic N) is 1. The van der Waals surface area contributed by atoms with E-state index in [-0.39, 0.29) is 17.9 Å². The Bertz CT molecular complexity index is 693. The molecule has 0 unspecified atom stereocenters. The van der Waals surface area contributed by atoms with Crippen molar-refractivity contribution in [1.82, 2.24) is 4.98 Å². The van der Waals surface area contributed by atoms with Gasteiger partial charge in [0.2, 0.25) is 6.79 Å².